The molecule has 35 heavy (non-hydrogen) atoms. The van der Waals surface area contributed by atoms with E-state index < -0.39 is 26.5 Å². The Kier molecular flexibility index (Phi) is 20.5. The van der Waals surface area contributed by atoms with Crippen molar-refractivity contribution in [2.75, 3.05) is 47.5 Å². The first-order valence-corrected chi connectivity index (χ1v) is 14.6. The van der Waals surface area contributed by atoms with E-state index in [0.717, 1.165) is 25.7 Å². The topological polar surface area (TPSA) is 105 Å². The number of phosphoric ester groups is 1. The number of nitrogens with zero attached hydrogens (tertiary/aromatic N) is 1. The van der Waals surface area contributed by atoms with Crippen molar-refractivity contribution in [3.63, 3.8) is 0 Å². The van der Waals surface area contributed by atoms with Crippen LogP contribution >= 0.6 is 7.82 Å². The van der Waals surface area contributed by atoms with Crippen molar-refractivity contribution in [3.05, 3.63) is 24.3 Å². The SMILES string of the molecule is CCCCCCCC/C=C/C/C=C/CCCCC(=O)OC[C@@H](O)COP(=O)([O-])OCC[N+](C)(C)C. The van der Waals surface area contributed by atoms with E-state index >= 15 is 0 Å². The minimum atomic E-state index is -4.50. The number of aliphatic hydroxyl groups excluding tert-OH is 1. The van der Waals surface area contributed by atoms with Crippen LogP contribution in [0, 0.1) is 0 Å². The summed E-state index contributed by atoms with van der Waals surface area (Å²) in [7, 11) is 1.23. The standard InChI is InChI=1S/C26H50NO7P/c1-5-6-7-8-9-10-11-12-13-14-15-16-17-18-19-20-26(29)32-23-25(28)24-34-35(30,31)33-22-21-27(2,3)4/h12-13,15-16,25,28H,5-11,14,17-24H2,1-4H3/b13-12+,16-15+/t25-/m1/s1. The number of carbonyl (C=O) groups excluding carboxylic acids is 1. The van der Waals surface area contributed by atoms with Crippen LogP contribution in [0.2, 0.25) is 0 Å². The summed E-state index contributed by atoms with van der Waals surface area (Å²) in [4.78, 5) is 23.4. The summed E-state index contributed by atoms with van der Waals surface area (Å²) in [5.74, 6) is -0.421. The predicted octanol–water partition coefficient (Wildman–Crippen LogP) is 4.91. The molecule has 0 radical (unpaired) electrons. The highest BCUT2D eigenvalue weighted by Gasteiger charge is 2.16. The zero-order valence-corrected chi connectivity index (χ0v) is 23.4. The first-order valence-electron chi connectivity index (χ1n) is 13.1. The normalized spacial score (nSPS) is 15.0. The number of hydrogen-bond donors (Lipinski definition) is 1. The molecule has 1 unspecified atom stereocenters. The van der Waals surface area contributed by atoms with Crippen LogP contribution in [0.3, 0.4) is 0 Å². The summed E-state index contributed by atoms with van der Waals surface area (Å²) in [6.45, 7) is 1.88. The van der Waals surface area contributed by atoms with Gasteiger partial charge in [0.2, 0.25) is 0 Å². The Morgan fingerprint density at radius 3 is 2.14 bits per heavy atom. The molecule has 0 saturated carbocycles. The second kappa shape index (κ2) is 21.1. The van der Waals surface area contributed by atoms with Crippen LogP contribution in [0.15, 0.2) is 24.3 Å². The number of ether oxygens (including phenoxy) is 1. The van der Waals surface area contributed by atoms with E-state index in [2.05, 4.69) is 35.8 Å². The summed E-state index contributed by atoms with van der Waals surface area (Å²) in [6.07, 6.45) is 20.3. The monoisotopic (exact) mass is 519 g/mol. The Bertz CT molecular complexity index is 632. The number of likely N-dealkylation sites (N-methyl/N-ethyl adjacent to an activating group) is 1. The maximum absolute atomic E-state index is 11.8. The van der Waals surface area contributed by atoms with Crippen molar-refractivity contribution in [1.82, 2.24) is 0 Å². The van der Waals surface area contributed by atoms with Gasteiger partial charge in [0, 0.05) is 6.42 Å². The Hall–Kier alpha value is -1.02. The number of carbonyl (C=O) groups is 1. The van der Waals surface area contributed by atoms with Crippen molar-refractivity contribution >= 4 is 13.8 Å². The highest BCUT2D eigenvalue weighted by atomic mass is 31.2. The zero-order chi connectivity index (χ0) is 26.4. The van der Waals surface area contributed by atoms with Gasteiger partial charge in [-0.1, -0.05) is 63.3 Å². The van der Waals surface area contributed by atoms with E-state index in [9.17, 15) is 19.4 Å². The van der Waals surface area contributed by atoms with Gasteiger partial charge in [0.25, 0.3) is 7.82 Å². The van der Waals surface area contributed by atoms with Crippen LogP contribution in [-0.4, -0.2) is 69.2 Å². The molecule has 0 aliphatic heterocycles. The number of allylic oxidation sites excluding steroid dienone is 4. The van der Waals surface area contributed by atoms with Gasteiger partial charge in [-0.2, -0.15) is 0 Å². The highest BCUT2D eigenvalue weighted by Crippen LogP contribution is 2.38. The van der Waals surface area contributed by atoms with Crippen LogP contribution in [-0.2, 0) is 23.1 Å². The van der Waals surface area contributed by atoms with Gasteiger partial charge < -0.3 is 28.3 Å². The average Bonchev–Trinajstić information content (AvgIpc) is 2.78. The van der Waals surface area contributed by atoms with Gasteiger partial charge >= 0.3 is 5.97 Å². The number of unbranched alkanes of at least 4 members (excludes halogenated alkanes) is 8. The number of aliphatic hydroxyl groups is 1. The van der Waals surface area contributed by atoms with Gasteiger partial charge in [0.05, 0.1) is 27.7 Å². The fourth-order valence-corrected chi connectivity index (χ4v) is 3.77. The molecular weight excluding hydrogens is 469 g/mol. The van der Waals surface area contributed by atoms with Gasteiger partial charge in [-0.25, -0.2) is 0 Å². The van der Waals surface area contributed by atoms with E-state index in [1.165, 1.54) is 38.5 Å². The van der Waals surface area contributed by atoms with Crippen LogP contribution in [0.5, 0.6) is 0 Å². The number of rotatable bonds is 23. The largest absolute Gasteiger partial charge is 0.756 e. The maximum atomic E-state index is 11.8. The Labute approximate surface area is 213 Å². The van der Waals surface area contributed by atoms with E-state index in [4.69, 9.17) is 9.26 Å². The molecule has 0 saturated heterocycles. The minimum Gasteiger partial charge on any atom is -0.756 e. The van der Waals surface area contributed by atoms with Gasteiger partial charge in [0.15, 0.2) is 0 Å². The molecule has 0 spiro atoms. The zero-order valence-electron chi connectivity index (χ0n) is 22.5. The second-order valence-corrected chi connectivity index (χ2v) is 11.3. The first-order chi connectivity index (χ1) is 16.6. The van der Waals surface area contributed by atoms with Crippen molar-refractivity contribution in [2.24, 2.45) is 0 Å². The van der Waals surface area contributed by atoms with E-state index in [0.29, 0.717) is 17.4 Å². The lowest BCUT2D eigenvalue weighted by atomic mass is 10.1. The third-order valence-corrected chi connectivity index (χ3v) is 6.17. The van der Waals surface area contributed by atoms with Crippen LogP contribution in [0.4, 0.5) is 0 Å². The molecule has 206 valence electrons. The molecule has 0 aromatic rings. The van der Waals surface area contributed by atoms with Gasteiger partial charge in [-0.3, -0.25) is 9.36 Å². The highest BCUT2D eigenvalue weighted by molar-refractivity contribution is 7.45. The van der Waals surface area contributed by atoms with Crippen LogP contribution in [0.1, 0.15) is 84.0 Å². The molecule has 0 bridgehead atoms. The Morgan fingerprint density at radius 1 is 0.914 bits per heavy atom. The predicted molar refractivity (Wildman–Crippen MR) is 139 cm³/mol. The third kappa shape index (κ3) is 25.9. The summed E-state index contributed by atoms with van der Waals surface area (Å²) < 4.78 is 26.6. The van der Waals surface area contributed by atoms with Crippen molar-refractivity contribution < 1.29 is 37.6 Å². The second-order valence-electron chi connectivity index (χ2n) is 9.91. The molecular formula is C26H50NO7P. The lowest BCUT2D eigenvalue weighted by molar-refractivity contribution is -0.870. The summed E-state index contributed by atoms with van der Waals surface area (Å²) in [5.41, 5.74) is 0. The molecule has 8 nitrogen and oxygen atoms in total. The summed E-state index contributed by atoms with van der Waals surface area (Å²) in [5, 5.41) is 9.78. The third-order valence-electron chi connectivity index (χ3n) is 5.20. The van der Waals surface area contributed by atoms with Gasteiger partial charge in [-0.05, 0) is 38.5 Å². The molecule has 1 N–H and O–H groups in total. The van der Waals surface area contributed by atoms with E-state index in [-0.39, 0.29) is 19.6 Å². The van der Waals surface area contributed by atoms with Crippen LogP contribution in [0.25, 0.3) is 0 Å². The molecule has 0 amide bonds. The lowest BCUT2D eigenvalue weighted by Gasteiger charge is -2.27. The summed E-state index contributed by atoms with van der Waals surface area (Å²) >= 11 is 0. The van der Waals surface area contributed by atoms with Crippen molar-refractivity contribution in [3.8, 4) is 0 Å². The van der Waals surface area contributed by atoms with Crippen molar-refractivity contribution in [2.45, 2.75) is 90.1 Å². The molecule has 9 heteroatoms. The van der Waals surface area contributed by atoms with Gasteiger partial charge in [0.1, 0.15) is 25.9 Å². The fraction of sp³-hybridized carbons (Fsp3) is 0.808. The summed E-state index contributed by atoms with van der Waals surface area (Å²) in [6, 6.07) is 0. The number of phosphoric acid groups is 1. The maximum Gasteiger partial charge on any atom is 0.305 e. The smallest absolute Gasteiger partial charge is 0.305 e. The molecule has 0 heterocycles. The van der Waals surface area contributed by atoms with E-state index in [1.54, 1.807) is 0 Å². The molecule has 0 aliphatic carbocycles. The number of esters is 1. The number of quaternary nitrogens is 1. The first kappa shape index (κ1) is 34.0. The molecule has 0 aliphatic rings. The van der Waals surface area contributed by atoms with E-state index in [1.807, 2.05) is 21.1 Å². The average molecular weight is 520 g/mol. The van der Waals surface area contributed by atoms with Gasteiger partial charge in [-0.15, -0.1) is 0 Å². The Morgan fingerprint density at radius 2 is 1.51 bits per heavy atom. The molecule has 0 fully saturated rings. The lowest BCUT2D eigenvalue weighted by Crippen LogP contribution is -2.37. The quantitative estimate of drug-likeness (QED) is 0.0672. The van der Waals surface area contributed by atoms with Crippen molar-refractivity contribution in [1.29, 1.82) is 0 Å². The molecule has 0 rings (SSSR count). The molecule has 0 aromatic heterocycles. The molecule has 2 atom stereocenters. The number of hydrogen-bond acceptors (Lipinski definition) is 7. The fourth-order valence-electron chi connectivity index (χ4n) is 3.03. The molecule has 0 aromatic carbocycles. The minimum absolute atomic E-state index is 0.0134. The van der Waals surface area contributed by atoms with Crippen LogP contribution < -0.4 is 4.89 Å². The Balaban J connectivity index is 3.68.